The second kappa shape index (κ2) is 15.3. The van der Waals surface area contributed by atoms with Gasteiger partial charge >= 0.3 is 0 Å². The van der Waals surface area contributed by atoms with Crippen LogP contribution in [0.3, 0.4) is 0 Å². The highest BCUT2D eigenvalue weighted by Crippen LogP contribution is 2.31. The van der Waals surface area contributed by atoms with Gasteiger partial charge in [-0.1, -0.05) is 30.3 Å². The number of rotatable bonds is 12. The van der Waals surface area contributed by atoms with Gasteiger partial charge in [0.1, 0.15) is 31.0 Å². The first-order chi connectivity index (χ1) is 20.5. The molecule has 14 nitrogen and oxygen atoms in total. The fourth-order valence-electron chi connectivity index (χ4n) is 4.97. The van der Waals surface area contributed by atoms with Crippen molar-refractivity contribution in [3.8, 4) is 11.5 Å². The highest BCUT2D eigenvalue weighted by molar-refractivity contribution is 7.74. The molecular weight excluding hydrogens is 586 g/mol. The van der Waals surface area contributed by atoms with E-state index < -0.39 is 48.4 Å². The van der Waals surface area contributed by atoms with E-state index in [0.717, 1.165) is 16.8 Å². The molecule has 15 heteroatoms. The van der Waals surface area contributed by atoms with Crippen LogP contribution in [-0.4, -0.2) is 128 Å². The number of ether oxygens (including phenoxy) is 3. The molecule has 5 N–H and O–H groups in total. The fourth-order valence-corrected chi connectivity index (χ4v) is 5.38. The number of amides is 1. The molecule has 0 radical (unpaired) electrons. The second-order valence-electron chi connectivity index (χ2n) is 10.6. The molecule has 2 aromatic rings. The van der Waals surface area contributed by atoms with Crippen LogP contribution in [0.4, 0.5) is 5.69 Å². The first-order valence-corrected chi connectivity index (χ1v) is 14.8. The van der Waals surface area contributed by atoms with E-state index in [1.165, 1.54) is 6.07 Å². The van der Waals surface area contributed by atoms with Crippen molar-refractivity contribution >= 4 is 23.0 Å². The molecule has 0 aliphatic carbocycles. The van der Waals surface area contributed by atoms with Crippen molar-refractivity contribution in [3.05, 3.63) is 53.6 Å². The summed E-state index contributed by atoms with van der Waals surface area (Å²) in [5.74, 6) is 0.208. The van der Waals surface area contributed by atoms with Crippen molar-refractivity contribution in [2.45, 2.75) is 50.8 Å². The van der Waals surface area contributed by atoms with E-state index in [1.54, 1.807) is 18.2 Å². The summed E-state index contributed by atoms with van der Waals surface area (Å²) in [5.41, 5.74) is 2.87. The smallest absolute Gasteiger partial charge is 0.238 e. The van der Waals surface area contributed by atoms with Gasteiger partial charge in [0, 0.05) is 38.4 Å². The van der Waals surface area contributed by atoms with Crippen LogP contribution in [0.25, 0.3) is 0 Å². The molecule has 7 atom stereocenters. The summed E-state index contributed by atoms with van der Waals surface area (Å²) in [6, 6.07) is 12.2. The average molecular weight is 625 g/mol. The predicted octanol–water partition coefficient (Wildman–Crippen LogP) is -0.746. The second-order valence-corrected chi connectivity index (χ2v) is 11.2. The molecule has 0 aromatic heterocycles. The van der Waals surface area contributed by atoms with Gasteiger partial charge in [-0.05, 0) is 37.1 Å². The minimum atomic E-state index is -3.08. The largest absolute Gasteiger partial charge is 0.750 e. The van der Waals surface area contributed by atoms with E-state index in [2.05, 4.69) is 19.3 Å². The number of carbonyl (C=O) groups is 1. The Morgan fingerprint density at radius 2 is 1.65 bits per heavy atom. The lowest BCUT2D eigenvalue weighted by molar-refractivity contribution is -0.317. The fraction of sp³-hybridized carbons (Fsp3) is 0.536. The molecule has 238 valence electrons. The van der Waals surface area contributed by atoms with Gasteiger partial charge in [-0.2, -0.15) is 0 Å². The number of carbonyl (C=O) groups excluding carboxylic acids is 1. The topological polar surface area (TPSA) is 194 Å². The quantitative estimate of drug-likeness (QED) is 0.186. The molecule has 2 fully saturated rings. The van der Waals surface area contributed by atoms with Crippen molar-refractivity contribution in [2.24, 2.45) is 0 Å². The zero-order chi connectivity index (χ0) is 31.1. The Hall–Kier alpha value is -2.70. The van der Waals surface area contributed by atoms with Crippen LogP contribution in [0, 0.1) is 13.8 Å². The van der Waals surface area contributed by atoms with Crippen LogP contribution >= 0.6 is 0 Å². The Labute approximate surface area is 252 Å². The molecule has 0 bridgehead atoms. The molecule has 2 saturated heterocycles. The summed E-state index contributed by atoms with van der Waals surface area (Å²) in [4.78, 5) is 16.8. The summed E-state index contributed by atoms with van der Waals surface area (Å²) < 4.78 is 42.9. The molecule has 2 heterocycles. The first kappa shape index (κ1) is 33.2. The average Bonchev–Trinajstić information content (AvgIpc) is 2.96. The van der Waals surface area contributed by atoms with Gasteiger partial charge in [-0.3, -0.25) is 18.8 Å². The maximum Gasteiger partial charge on any atom is 0.238 e. The standard InChI is InChI=1S/C28H39N3O11S/c1-17-6-5-7-18(2)23(17)29-22(33)15-31-12-10-30(11-13-31)14-19(32)16-39-20-8-3-4-9-21(20)40-28-25(35)26(42-43(37)38)24(34)27(36)41-28/h3-9,19,24-28,32,34-36H,10-16H2,1-2H3,(H,29,33)(H,37,38)/p-1. The van der Waals surface area contributed by atoms with E-state index in [-0.39, 0.29) is 30.6 Å². The van der Waals surface area contributed by atoms with Crippen molar-refractivity contribution in [1.82, 2.24) is 9.80 Å². The number of anilines is 1. The highest BCUT2D eigenvalue weighted by Gasteiger charge is 2.47. The third-order valence-electron chi connectivity index (χ3n) is 7.28. The number of para-hydroxylation sites is 3. The zero-order valence-corrected chi connectivity index (χ0v) is 24.7. The van der Waals surface area contributed by atoms with Gasteiger partial charge in [0.25, 0.3) is 0 Å². The number of aliphatic hydroxyl groups is 4. The molecule has 4 rings (SSSR count). The lowest BCUT2D eigenvalue weighted by Gasteiger charge is -2.40. The van der Waals surface area contributed by atoms with Gasteiger partial charge in [-0.15, -0.1) is 0 Å². The van der Waals surface area contributed by atoms with Crippen molar-refractivity contribution in [3.63, 3.8) is 0 Å². The van der Waals surface area contributed by atoms with Gasteiger partial charge in [-0.25, -0.2) is 4.21 Å². The zero-order valence-electron chi connectivity index (χ0n) is 23.9. The minimum absolute atomic E-state index is 0.0691. The van der Waals surface area contributed by atoms with Crippen molar-refractivity contribution in [2.75, 3.05) is 51.2 Å². The number of hydrogen-bond donors (Lipinski definition) is 5. The van der Waals surface area contributed by atoms with Gasteiger partial charge < -0.3 is 44.5 Å². The Morgan fingerprint density at radius 1 is 1.02 bits per heavy atom. The Bertz CT molecular complexity index is 1230. The SMILES string of the molecule is Cc1cccc(C)c1NC(=O)CN1CCN(CC(O)COc2ccccc2OC2OC(O)C(O)C(OS(=O)[O-])C2O)CC1. The van der Waals surface area contributed by atoms with Gasteiger partial charge in [0.15, 0.2) is 17.8 Å². The lowest BCUT2D eigenvalue weighted by Crippen LogP contribution is -2.60. The van der Waals surface area contributed by atoms with Crippen LogP contribution in [0.2, 0.25) is 0 Å². The molecule has 0 spiro atoms. The summed E-state index contributed by atoms with van der Waals surface area (Å²) in [7, 11) is 0. The van der Waals surface area contributed by atoms with Crippen LogP contribution in [0.5, 0.6) is 11.5 Å². The predicted molar refractivity (Wildman–Crippen MR) is 153 cm³/mol. The summed E-state index contributed by atoms with van der Waals surface area (Å²) in [5, 5.41) is 44.0. The molecule has 1 amide bonds. The Balaban J connectivity index is 1.23. The number of hydrogen-bond acceptors (Lipinski definition) is 13. The van der Waals surface area contributed by atoms with Crippen LogP contribution in [0.1, 0.15) is 11.1 Å². The summed E-state index contributed by atoms with van der Waals surface area (Å²) >= 11 is -3.08. The molecule has 7 unspecified atom stereocenters. The number of piperazine rings is 1. The highest BCUT2D eigenvalue weighted by atomic mass is 32.2. The molecule has 0 saturated carbocycles. The molecule has 2 aliphatic rings. The van der Waals surface area contributed by atoms with E-state index >= 15 is 0 Å². The van der Waals surface area contributed by atoms with E-state index in [1.807, 2.05) is 32.0 Å². The third-order valence-corrected chi connectivity index (χ3v) is 7.66. The lowest BCUT2D eigenvalue weighted by atomic mass is 10.0. The van der Waals surface area contributed by atoms with Crippen LogP contribution in [-0.2, 0) is 25.1 Å². The molecular formula is C28H38N3O11S-. The minimum Gasteiger partial charge on any atom is -0.750 e. The Morgan fingerprint density at radius 3 is 2.30 bits per heavy atom. The Kier molecular flexibility index (Phi) is 11.8. The number of β-amino-alcohol motifs (C(OH)–C–C–N with tert-alkyl or cyclic N) is 1. The van der Waals surface area contributed by atoms with Crippen molar-refractivity contribution in [1.29, 1.82) is 0 Å². The van der Waals surface area contributed by atoms with E-state index in [0.29, 0.717) is 32.7 Å². The number of nitrogens with one attached hydrogen (secondary N) is 1. The maximum atomic E-state index is 12.6. The number of aliphatic hydroxyl groups excluding tert-OH is 4. The monoisotopic (exact) mass is 624 g/mol. The molecule has 2 aromatic carbocycles. The number of nitrogens with zero attached hydrogens (tertiary/aromatic N) is 2. The first-order valence-electron chi connectivity index (χ1n) is 13.8. The number of aryl methyl sites for hydroxylation is 2. The van der Waals surface area contributed by atoms with E-state index in [4.69, 9.17) is 14.2 Å². The third kappa shape index (κ3) is 9.15. The summed E-state index contributed by atoms with van der Waals surface area (Å²) in [6.07, 6.45) is -9.67. The van der Waals surface area contributed by atoms with Crippen molar-refractivity contribution < 1.29 is 52.4 Å². The normalized spacial score (nSPS) is 26.4. The number of benzene rings is 2. The van der Waals surface area contributed by atoms with Crippen LogP contribution in [0.15, 0.2) is 42.5 Å². The molecule has 2 aliphatic heterocycles. The van der Waals surface area contributed by atoms with Gasteiger partial charge in [0.2, 0.25) is 12.2 Å². The maximum absolute atomic E-state index is 12.6. The van der Waals surface area contributed by atoms with E-state index in [9.17, 15) is 34.0 Å². The van der Waals surface area contributed by atoms with Crippen LogP contribution < -0.4 is 14.8 Å². The summed E-state index contributed by atoms with van der Waals surface area (Å²) in [6.45, 7) is 7.11. The molecule has 43 heavy (non-hydrogen) atoms. The van der Waals surface area contributed by atoms with Gasteiger partial charge in [0.05, 0.1) is 17.9 Å².